The zero-order valence-electron chi connectivity index (χ0n) is 14.5. The number of aromatic nitrogens is 2. The van der Waals surface area contributed by atoms with Crippen LogP contribution in [0.2, 0.25) is 0 Å². The Labute approximate surface area is 153 Å². The van der Waals surface area contributed by atoms with Gasteiger partial charge in [0, 0.05) is 6.92 Å². The van der Waals surface area contributed by atoms with E-state index in [9.17, 15) is 8.42 Å². The number of benzene rings is 2. The Hall–Kier alpha value is -2.51. The highest BCUT2D eigenvalue weighted by atomic mass is 32.2. The Balaban J connectivity index is 1.71. The molecule has 2 aromatic carbocycles. The summed E-state index contributed by atoms with van der Waals surface area (Å²) in [5.74, 6) is 0.655. The molecule has 1 heterocycles. The van der Waals surface area contributed by atoms with Crippen LogP contribution in [0, 0.1) is 6.92 Å². The second-order valence-electron chi connectivity index (χ2n) is 6.03. The Morgan fingerprint density at radius 1 is 1.00 bits per heavy atom. The van der Waals surface area contributed by atoms with Crippen LogP contribution >= 0.6 is 0 Å². The van der Waals surface area contributed by atoms with E-state index in [0.29, 0.717) is 18.7 Å². The predicted molar refractivity (Wildman–Crippen MR) is 99.0 cm³/mol. The molecule has 1 N–H and O–H groups in total. The van der Waals surface area contributed by atoms with Gasteiger partial charge in [0.2, 0.25) is 21.8 Å². The van der Waals surface area contributed by atoms with Crippen molar-refractivity contribution in [3.05, 3.63) is 83.6 Å². The predicted octanol–water partition coefficient (Wildman–Crippen LogP) is 3.02. The lowest BCUT2D eigenvalue weighted by molar-refractivity contribution is 0.436. The SMILES string of the molecule is Cc1nnc(C(NS(=O)(=O)CCCc2ccccc2)c2ccccc2)o1. The van der Waals surface area contributed by atoms with Gasteiger partial charge in [-0.1, -0.05) is 60.7 Å². The second kappa shape index (κ2) is 8.25. The monoisotopic (exact) mass is 371 g/mol. The maximum atomic E-state index is 12.6. The molecule has 0 saturated heterocycles. The third-order valence-electron chi connectivity index (χ3n) is 3.94. The Morgan fingerprint density at radius 2 is 1.65 bits per heavy atom. The van der Waals surface area contributed by atoms with E-state index >= 15 is 0 Å². The molecular formula is C19H21N3O3S. The highest BCUT2D eigenvalue weighted by Gasteiger charge is 2.25. The van der Waals surface area contributed by atoms with Crippen LogP contribution in [0.4, 0.5) is 0 Å². The van der Waals surface area contributed by atoms with Crippen LogP contribution < -0.4 is 4.72 Å². The first kappa shape index (κ1) is 18.3. The summed E-state index contributed by atoms with van der Waals surface area (Å²) in [5, 5.41) is 7.80. The van der Waals surface area contributed by atoms with E-state index < -0.39 is 16.1 Å². The van der Waals surface area contributed by atoms with Crippen LogP contribution in [0.15, 0.2) is 65.1 Å². The third-order valence-corrected chi connectivity index (χ3v) is 5.36. The summed E-state index contributed by atoms with van der Waals surface area (Å²) in [4.78, 5) is 0. The average molecular weight is 371 g/mol. The standard InChI is InChI=1S/C19H21N3O3S/c1-15-20-21-19(25-15)18(17-12-6-3-7-13-17)22-26(23,24)14-8-11-16-9-4-2-5-10-16/h2-7,9-10,12-13,18,22H,8,11,14H2,1H3. The van der Waals surface area contributed by atoms with Crippen LogP contribution in [0.25, 0.3) is 0 Å². The molecule has 1 atom stereocenters. The van der Waals surface area contributed by atoms with Crippen molar-refractivity contribution in [1.82, 2.24) is 14.9 Å². The molecular weight excluding hydrogens is 350 g/mol. The highest BCUT2D eigenvalue weighted by Crippen LogP contribution is 2.22. The van der Waals surface area contributed by atoms with Gasteiger partial charge in [0.1, 0.15) is 6.04 Å². The summed E-state index contributed by atoms with van der Waals surface area (Å²) in [6, 6.07) is 18.3. The summed E-state index contributed by atoms with van der Waals surface area (Å²) in [6.07, 6.45) is 1.24. The Morgan fingerprint density at radius 3 is 2.27 bits per heavy atom. The quantitative estimate of drug-likeness (QED) is 0.658. The summed E-state index contributed by atoms with van der Waals surface area (Å²) in [6.45, 7) is 1.67. The molecule has 0 fully saturated rings. The molecule has 0 bridgehead atoms. The van der Waals surface area contributed by atoms with E-state index in [1.807, 2.05) is 60.7 Å². The zero-order chi connectivity index (χ0) is 18.4. The van der Waals surface area contributed by atoms with Gasteiger partial charge in [0.15, 0.2) is 0 Å². The fourth-order valence-corrected chi connectivity index (χ4v) is 3.92. The van der Waals surface area contributed by atoms with Gasteiger partial charge in [-0.15, -0.1) is 10.2 Å². The fraction of sp³-hybridized carbons (Fsp3) is 0.263. The van der Waals surface area contributed by atoms with Crippen molar-refractivity contribution in [2.45, 2.75) is 25.8 Å². The van der Waals surface area contributed by atoms with Gasteiger partial charge >= 0.3 is 0 Å². The van der Waals surface area contributed by atoms with Gasteiger partial charge < -0.3 is 4.42 Å². The molecule has 26 heavy (non-hydrogen) atoms. The van der Waals surface area contributed by atoms with E-state index in [0.717, 1.165) is 11.1 Å². The number of hydrogen-bond acceptors (Lipinski definition) is 5. The lowest BCUT2D eigenvalue weighted by Crippen LogP contribution is -2.31. The van der Waals surface area contributed by atoms with E-state index in [1.54, 1.807) is 6.92 Å². The van der Waals surface area contributed by atoms with Crippen molar-refractivity contribution in [2.75, 3.05) is 5.75 Å². The van der Waals surface area contributed by atoms with Gasteiger partial charge in [-0.25, -0.2) is 8.42 Å². The Bertz CT molecular complexity index is 925. The van der Waals surface area contributed by atoms with Crippen molar-refractivity contribution in [1.29, 1.82) is 0 Å². The molecule has 7 heteroatoms. The average Bonchev–Trinajstić information content (AvgIpc) is 3.07. The number of nitrogens with one attached hydrogen (secondary N) is 1. The number of rotatable bonds is 8. The van der Waals surface area contributed by atoms with Gasteiger partial charge in [0.25, 0.3) is 0 Å². The maximum absolute atomic E-state index is 12.6. The number of hydrogen-bond donors (Lipinski definition) is 1. The minimum atomic E-state index is -3.52. The van der Waals surface area contributed by atoms with Crippen LogP contribution in [-0.4, -0.2) is 24.4 Å². The van der Waals surface area contributed by atoms with Crippen molar-refractivity contribution in [3.63, 3.8) is 0 Å². The summed E-state index contributed by atoms with van der Waals surface area (Å²) in [7, 11) is -3.52. The first-order valence-corrected chi connectivity index (χ1v) is 10.1. The number of nitrogens with zero attached hydrogens (tertiary/aromatic N) is 2. The molecule has 136 valence electrons. The van der Waals surface area contributed by atoms with E-state index in [-0.39, 0.29) is 11.6 Å². The van der Waals surface area contributed by atoms with Crippen LogP contribution in [0.1, 0.15) is 35.4 Å². The molecule has 0 aliphatic carbocycles. The van der Waals surface area contributed by atoms with Gasteiger partial charge in [-0.3, -0.25) is 0 Å². The molecule has 0 aliphatic heterocycles. The first-order valence-electron chi connectivity index (χ1n) is 8.42. The summed E-state index contributed by atoms with van der Waals surface area (Å²) >= 11 is 0. The van der Waals surface area contributed by atoms with Gasteiger partial charge in [-0.05, 0) is 24.0 Å². The molecule has 3 rings (SSSR count). The van der Waals surface area contributed by atoms with E-state index in [1.165, 1.54) is 0 Å². The van der Waals surface area contributed by atoms with Crippen LogP contribution in [0.5, 0.6) is 0 Å². The zero-order valence-corrected chi connectivity index (χ0v) is 15.3. The largest absolute Gasteiger partial charge is 0.423 e. The van der Waals surface area contributed by atoms with E-state index in [2.05, 4.69) is 14.9 Å². The molecule has 0 saturated carbocycles. The van der Waals surface area contributed by atoms with Crippen LogP contribution in [-0.2, 0) is 16.4 Å². The topological polar surface area (TPSA) is 85.1 Å². The fourth-order valence-electron chi connectivity index (χ4n) is 2.68. The lowest BCUT2D eigenvalue weighted by atomic mass is 10.1. The molecule has 6 nitrogen and oxygen atoms in total. The second-order valence-corrected chi connectivity index (χ2v) is 7.90. The summed E-state index contributed by atoms with van der Waals surface area (Å²) < 4.78 is 33.3. The smallest absolute Gasteiger partial charge is 0.238 e. The Kier molecular flexibility index (Phi) is 5.80. The van der Waals surface area contributed by atoms with Crippen molar-refractivity contribution >= 4 is 10.0 Å². The maximum Gasteiger partial charge on any atom is 0.238 e. The normalized spacial score (nSPS) is 12.8. The van der Waals surface area contributed by atoms with Crippen molar-refractivity contribution in [3.8, 4) is 0 Å². The molecule has 3 aromatic rings. The molecule has 0 spiro atoms. The van der Waals surface area contributed by atoms with Gasteiger partial charge in [-0.2, -0.15) is 4.72 Å². The molecule has 1 unspecified atom stereocenters. The minimum absolute atomic E-state index is 0.0261. The highest BCUT2D eigenvalue weighted by molar-refractivity contribution is 7.89. The van der Waals surface area contributed by atoms with Crippen LogP contribution in [0.3, 0.4) is 0 Å². The first-order chi connectivity index (χ1) is 12.5. The molecule has 1 aromatic heterocycles. The molecule has 0 radical (unpaired) electrons. The molecule has 0 aliphatic rings. The third kappa shape index (κ3) is 5.00. The number of sulfonamides is 1. The van der Waals surface area contributed by atoms with Gasteiger partial charge in [0.05, 0.1) is 5.75 Å². The van der Waals surface area contributed by atoms with Crippen molar-refractivity contribution < 1.29 is 12.8 Å². The molecule has 0 amide bonds. The van der Waals surface area contributed by atoms with E-state index in [4.69, 9.17) is 4.42 Å². The number of aryl methyl sites for hydroxylation is 2. The summed E-state index contributed by atoms with van der Waals surface area (Å²) in [5.41, 5.74) is 1.87. The lowest BCUT2D eigenvalue weighted by Gasteiger charge is -2.16. The van der Waals surface area contributed by atoms with Crippen molar-refractivity contribution in [2.24, 2.45) is 0 Å². The minimum Gasteiger partial charge on any atom is -0.423 e.